The summed E-state index contributed by atoms with van der Waals surface area (Å²) in [5.74, 6) is -0.323. The van der Waals surface area contributed by atoms with E-state index in [0.717, 1.165) is 6.42 Å². The second-order valence-corrected chi connectivity index (χ2v) is 8.03. The number of benzene rings is 2. The molecule has 0 radical (unpaired) electrons. The Labute approximate surface area is 146 Å². The van der Waals surface area contributed by atoms with E-state index in [0.29, 0.717) is 29.1 Å². The van der Waals surface area contributed by atoms with Crippen LogP contribution in [0.1, 0.15) is 29.3 Å². The van der Waals surface area contributed by atoms with E-state index in [9.17, 15) is 13.2 Å². The highest BCUT2D eigenvalue weighted by atomic mass is 32.2. The van der Waals surface area contributed by atoms with Crippen LogP contribution in [0.5, 0.6) is 0 Å². The molecule has 1 aliphatic heterocycles. The van der Waals surface area contributed by atoms with Crippen LogP contribution in [0.25, 0.3) is 0 Å². The molecule has 0 saturated carbocycles. The maximum Gasteiger partial charge on any atom is 0.209 e. The molecule has 0 spiro atoms. The maximum atomic E-state index is 13.3. The quantitative estimate of drug-likeness (QED) is 0.834. The van der Waals surface area contributed by atoms with Crippen LogP contribution in [0.2, 0.25) is 0 Å². The summed E-state index contributed by atoms with van der Waals surface area (Å²) in [4.78, 5) is 22.0. The van der Waals surface area contributed by atoms with Crippen molar-refractivity contribution in [2.24, 2.45) is 9.98 Å². The van der Waals surface area contributed by atoms with E-state index in [-0.39, 0.29) is 16.4 Å². The highest BCUT2D eigenvalue weighted by molar-refractivity contribution is 7.94. The molecule has 0 aromatic heterocycles. The lowest BCUT2D eigenvalue weighted by atomic mass is 9.86. The largest absolute Gasteiger partial charge is 0.287 e. The van der Waals surface area contributed by atoms with Gasteiger partial charge in [-0.15, -0.1) is 0 Å². The Morgan fingerprint density at radius 1 is 1.04 bits per heavy atom. The van der Waals surface area contributed by atoms with Crippen molar-refractivity contribution in [3.8, 4) is 0 Å². The van der Waals surface area contributed by atoms with Crippen molar-refractivity contribution in [2.75, 3.05) is 6.54 Å². The third-order valence-corrected chi connectivity index (χ3v) is 6.43. The van der Waals surface area contributed by atoms with Gasteiger partial charge in [-0.2, -0.15) is 0 Å². The van der Waals surface area contributed by atoms with Crippen molar-refractivity contribution >= 4 is 32.7 Å². The van der Waals surface area contributed by atoms with Gasteiger partial charge in [-0.3, -0.25) is 9.79 Å². The summed E-state index contributed by atoms with van der Waals surface area (Å²) in [5, 5.41) is -1.13. The van der Waals surface area contributed by atoms with Gasteiger partial charge in [0.2, 0.25) is 5.78 Å². The Morgan fingerprint density at radius 2 is 1.72 bits per heavy atom. The summed E-state index contributed by atoms with van der Waals surface area (Å²) in [7, 11) is -3.78. The van der Waals surface area contributed by atoms with Gasteiger partial charge in [-0.05, 0) is 18.6 Å². The average Bonchev–Trinajstić information content (AvgIpc) is 2.62. The highest BCUT2D eigenvalue weighted by Gasteiger charge is 2.47. The molecule has 1 atom stereocenters. The first kappa shape index (κ1) is 15.9. The van der Waals surface area contributed by atoms with Crippen LogP contribution in [0.3, 0.4) is 0 Å². The highest BCUT2D eigenvalue weighted by Crippen LogP contribution is 2.38. The van der Waals surface area contributed by atoms with Crippen molar-refractivity contribution in [3.63, 3.8) is 0 Å². The van der Waals surface area contributed by atoms with E-state index in [2.05, 4.69) is 9.98 Å². The Morgan fingerprint density at radius 3 is 2.48 bits per heavy atom. The van der Waals surface area contributed by atoms with E-state index in [1.165, 1.54) is 6.07 Å². The number of hydrogen-bond acceptors (Lipinski definition) is 5. The van der Waals surface area contributed by atoms with Crippen molar-refractivity contribution in [1.82, 2.24) is 0 Å². The van der Waals surface area contributed by atoms with Crippen molar-refractivity contribution < 1.29 is 13.2 Å². The summed E-state index contributed by atoms with van der Waals surface area (Å²) in [6.45, 7) is 2.34. The van der Waals surface area contributed by atoms with Crippen LogP contribution >= 0.6 is 0 Å². The van der Waals surface area contributed by atoms with Gasteiger partial charge in [-0.25, -0.2) is 13.4 Å². The van der Waals surface area contributed by atoms with Crippen molar-refractivity contribution in [2.45, 2.75) is 23.5 Å². The number of aliphatic imine (C=N–C) groups is 2. The van der Waals surface area contributed by atoms with Gasteiger partial charge in [0.15, 0.2) is 15.1 Å². The lowest BCUT2D eigenvalue weighted by Gasteiger charge is -2.30. The SMILES string of the molecule is CCCN=C1C(=O)c2ccccc2C2=Nc3ccccc3S(=O)(=O)C12. The van der Waals surface area contributed by atoms with Crippen LogP contribution < -0.4 is 0 Å². The molecule has 25 heavy (non-hydrogen) atoms. The van der Waals surface area contributed by atoms with Crippen molar-refractivity contribution in [1.29, 1.82) is 0 Å². The maximum absolute atomic E-state index is 13.3. The van der Waals surface area contributed by atoms with Gasteiger partial charge < -0.3 is 0 Å². The van der Waals surface area contributed by atoms with Crippen LogP contribution in [0.15, 0.2) is 63.4 Å². The fourth-order valence-corrected chi connectivity index (χ4v) is 5.16. The fourth-order valence-electron chi connectivity index (χ4n) is 3.28. The average molecular weight is 352 g/mol. The second-order valence-electron chi connectivity index (χ2n) is 6.03. The van der Waals surface area contributed by atoms with Gasteiger partial charge in [0, 0.05) is 17.7 Å². The number of ketones is 1. The van der Waals surface area contributed by atoms with Gasteiger partial charge in [0.25, 0.3) is 0 Å². The monoisotopic (exact) mass is 352 g/mol. The molecular formula is C19H16N2O3S. The predicted molar refractivity (Wildman–Crippen MR) is 97.0 cm³/mol. The van der Waals surface area contributed by atoms with E-state index in [4.69, 9.17) is 0 Å². The molecule has 0 amide bonds. The molecule has 6 heteroatoms. The summed E-state index contributed by atoms with van der Waals surface area (Å²) < 4.78 is 26.5. The number of para-hydroxylation sites is 1. The second kappa shape index (κ2) is 5.74. The first-order valence-corrected chi connectivity index (χ1v) is 9.70. The minimum absolute atomic E-state index is 0.0776. The molecule has 1 unspecified atom stereocenters. The van der Waals surface area contributed by atoms with Crippen LogP contribution in [0, 0.1) is 0 Å². The van der Waals surface area contributed by atoms with Gasteiger partial charge in [0.05, 0.1) is 16.3 Å². The number of Topliss-reactive ketones (excluding diaryl/α,β-unsaturated/α-hetero) is 1. The Balaban J connectivity index is 2.07. The molecule has 2 aromatic carbocycles. The molecule has 0 saturated heterocycles. The zero-order valence-electron chi connectivity index (χ0n) is 13.6. The van der Waals surface area contributed by atoms with Crippen LogP contribution in [0.4, 0.5) is 5.69 Å². The molecule has 2 aromatic rings. The number of carbonyl (C=O) groups excluding carboxylic acids is 1. The number of carbonyl (C=O) groups is 1. The number of fused-ring (bicyclic) bond motifs is 4. The number of rotatable bonds is 2. The zero-order valence-corrected chi connectivity index (χ0v) is 14.5. The molecular weight excluding hydrogens is 336 g/mol. The Kier molecular flexibility index (Phi) is 3.65. The Bertz CT molecular complexity index is 1050. The third kappa shape index (κ3) is 2.28. The number of hydrogen-bond donors (Lipinski definition) is 0. The van der Waals surface area contributed by atoms with E-state index >= 15 is 0 Å². The molecule has 0 bridgehead atoms. The van der Waals surface area contributed by atoms with Crippen LogP contribution in [-0.4, -0.2) is 37.4 Å². The standard InChI is InChI=1S/C19H16N2O3S/c1-2-11-20-17-18(22)13-8-4-3-7-12(13)16-19(17)25(23,24)15-10-6-5-9-14(15)21-16/h3-10,19H,2,11H2,1H3. The van der Waals surface area contributed by atoms with E-state index in [1.807, 2.05) is 6.92 Å². The van der Waals surface area contributed by atoms with E-state index in [1.54, 1.807) is 42.5 Å². The number of nitrogens with zero attached hydrogens (tertiary/aromatic N) is 2. The first-order valence-electron chi connectivity index (χ1n) is 8.15. The van der Waals surface area contributed by atoms with Gasteiger partial charge >= 0.3 is 0 Å². The summed E-state index contributed by atoms with van der Waals surface area (Å²) in [6.07, 6.45) is 0.730. The molecule has 5 nitrogen and oxygen atoms in total. The Hall–Kier alpha value is -2.60. The normalized spacial score (nSPS) is 22.0. The van der Waals surface area contributed by atoms with Gasteiger partial charge in [0.1, 0.15) is 5.71 Å². The molecule has 4 rings (SSSR count). The third-order valence-electron chi connectivity index (χ3n) is 4.41. The number of sulfone groups is 1. The first-order chi connectivity index (χ1) is 12.1. The summed E-state index contributed by atoms with van der Waals surface area (Å²) >= 11 is 0. The minimum Gasteiger partial charge on any atom is -0.287 e. The zero-order chi connectivity index (χ0) is 17.6. The molecule has 0 N–H and O–H groups in total. The minimum atomic E-state index is -3.78. The van der Waals surface area contributed by atoms with E-state index < -0.39 is 15.1 Å². The van der Waals surface area contributed by atoms with Crippen molar-refractivity contribution in [3.05, 3.63) is 59.7 Å². The fraction of sp³-hybridized carbons (Fsp3) is 0.211. The predicted octanol–water partition coefficient (Wildman–Crippen LogP) is 3.01. The summed E-state index contributed by atoms with van der Waals surface area (Å²) in [6, 6.07) is 13.6. The topological polar surface area (TPSA) is 75.9 Å². The molecule has 126 valence electrons. The molecule has 1 heterocycles. The van der Waals surface area contributed by atoms with Gasteiger partial charge in [-0.1, -0.05) is 43.3 Å². The van der Waals surface area contributed by atoms with Crippen LogP contribution in [-0.2, 0) is 9.84 Å². The summed E-state index contributed by atoms with van der Waals surface area (Å²) in [5.41, 5.74) is 1.92. The molecule has 1 aliphatic carbocycles. The lowest BCUT2D eigenvalue weighted by Crippen LogP contribution is -2.48. The lowest BCUT2D eigenvalue weighted by molar-refractivity contribution is 0.106. The smallest absolute Gasteiger partial charge is 0.209 e. The molecule has 2 aliphatic rings. The molecule has 0 fully saturated rings.